The molecule has 5 atom stereocenters. The summed E-state index contributed by atoms with van der Waals surface area (Å²) in [7, 11) is 0. The van der Waals surface area contributed by atoms with Crippen LogP contribution in [0.3, 0.4) is 0 Å². The molecule has 1 aliphatic heterocycles. The van der Waals surface area contributed by atoms with Crippen LogP contribution in [0.4, 0.5) is 5.69 Å². The van der Waals surface area contributed by atoms with E-state index in [1.54, 1.807) is 12.1 Å². The summed E-state index contributed by atoms with van der Waals surface area (Å²) in [5.41, 5.74) is 0.462. The van der Waals surface area contributed by atoms with Crippen LogP contribution in [0.15, 0.2) is 36.9 Å². The average Bonchev–Trinajstić information content (AvgIpc) is 2.76. The Morgan fingerprint density at radius 1 is 0.857 bits per heavy atom. The molecule has 190 valence electrons. The minimum absolute atomic E-state index is 0.238. The maximum Gasteiger partial charge on any atom is 0.303 e. The third kappa shape index (κ3) is 8.41. The molecule has 1 aliphatic rings. The van der Waals surface area contributed by atoms with Crippen molar-refractivity contribution < 1.29 is 52.4 Å². The number of nitrogens with one attached hydrogen (secondary N) is 1. The topological polar surface area (TPSA) is 153 Å². The molecule has 0 aliphatic carbocycles. The van der Waals surface area contributed by atoms with E-state index in [9.17, 15) is 24.0 Å². The fraction of sp³-hybridized carbons (Fsp3) is 0.435. The van der Waals surface area contributed by atoms with Gasteiger partial charge in [-0.2, -0.15) is 0 Å². The van der Waals surface area contributed by atoms with Gasteiger partial charge in [-0.05, 0) is 30.3 Å². The highest BCUT2D eigenvalue weighted by molar-refractivity contribution is 5.98. The van der Waals surface area contributed by atoms with Crippen molar-refractivity contribution >= 4 is 35.5 Å². The zero-order valence-corrected chi connectivity index (χ0v) is 19.7. The number of benzene rings is 1. The fourth-order valence-corrected chi connectivity index (χ4v) is 3.23. The number of anilines is 1. The molecule has 1 heterocycles. The van der Waals surface area contributed by atoms with E-state index in [2.05, 4.69) is 11.9 Å². The van der Waals surface area contributed by atoms with Crippen LogP contribution in [0.25, 0.3) is 0 Å². The van der Waals surface area contributed by atoms with E-state index < -0.39 is 60.5 Å². The number of esters is 4. The standard InChI is InChI=1S/C23H27NO11/c1-6-19(29)24-16-7-9-17(10-8-16)34-23-22(33-15(5)28)21(32-14(4)27)20(31-13(3)26)18(35-23)11-30-12(2)25/h6-10,18,20-23H,1,11H2,2-5H3,(H,24,29)/t18-,20-,21+,22+,23+/m1/s1. The normalized spacial score (nSPS) is 23.3. The third-order valence-corrected chi connectivity index (χ3v) is 4.51. The third-order valence-electron chi connectivity index (χ3n) is 4.51. The van der Waals surface area contributed by atoms with Crippen LogP contribution in [-0.2, 0) is 47.7 Å². The number of hydrogen-bond acceptors (Lipinski definition) is 11. The largest absolute Gasteiger partial charge is 0.463 e. The molecule has 1 N–H and O–H groups in total. The van der Waals surface area contributed by atoms with Gasteiger partial charge in [0, 0.05) is 33.4 Å². The van der Waals surface area contributed by atoms with E-state index in [-0.39, 0.29) is 12.4 Å². The number of rotatable bonds is 9. The molecule has 0 saturated carbocycles. The van der Waals surface area contributed by atoms with Gasteiger partial charge in [0.05, 0.1) is 0 Å². The molecule has 1 aromatic rings. The molecule has 0 spiro atoms. The molecule has 35 heavy (non-hydrogen) atoms. The summed E-state index contributed by atoms with van der Waals surface area (Å²) in [6.45, 7) is 7.56. The van der Waals surface area contributed by atoms with Crippen LogP contribution in [-0.4, -0.2) is 67.1 Å². The number of ether oxygens (including phenoxy) is 6. The van der Waals surface area contributed by atoms with Gasteiger partial charge >= 0.3 is 23.9 Å². The molecular formula is C23H27NO11. The minimum Gasteiger partial charge on any atom is -0.463 e. The Labute approximate surface area is 201 Å². The van der Waals surface area contributed by atoms with Gasteiger partial charge < -0.3 is 33.7 Å². The van der Waals surface area contributed by atoms with Crippen molar-refractivity contribution in [3.05, 3.63) is 36.9 Å². The van der Waals surface area contributed by atoms with Crippen molar-refractivity contribution in [2.75, 3.05) is 11.9 Å². The molecule has 0 aromatic heterocycles. The van der Waals surface area contributed by atoms with Gasteiger partial charge in [0.15, 0.2) is 12.2 Å². The lowest BCUT2D eigenvalue weighted by molar-refractivity contribution is -0.288. The van der Waals surface area contributed by atoms with Crippen molar-refractivity contribution in [1.29, 1.82) is 0 Å². The Balaban J connectivity index is 2.39. The summed E-state index contributed by atoms with van der Waals surface area (Å²) >= 11 is 0. The van der Waals surface area contributed by atoms with Crippen molar-refractivity contribution in [1.82, 2.24) is 0 Å². The summed E-state index contributed by atoms with van der Waals surface area (Å²) in [4.78, 5) is 58.3. The lowest BCUT2D eigenvalue weighted by Crippen LogP contribution is -2.63. The van der Waals surface area contributed by atoms with Gasteiger partial charge in [-0.3, -0.25) is 24.0 Å². The monoisotopic (exact) mass is 493 g/mol. The average molecular weight is 493 g/mol. The van der Waals surface area contributed by atoms with Crippen LogP contribution in [0.2, 0.25) is 0 Å². The van der Waals surface area contributed by atoms with E-state index in [0.29, 0.717) is 5.69 Å². The summed E-state index contributed by atoms with van der Waals surface area (Å²) in [6, 6.07) is 6.10. The first-order valence-corrected chi connectivity index (χ1v) is 10.5. The predicted molar refractivity (Wildman–Crippen MR) is 118 cm³/mol. The molecular weight excluding hydrogens is 466 g/mol. The number of amides is 1. The molecule has 1 fully saturated rings. The minimum atomic E-state index is -1.36. The Morgan fingerprint density at radius 3 is 1.91 bits per heavy atom. The molecule has 1 aromatic carbocycles. The first kappa shape index (κ1) is 27.3. The van der Waals surface area contributed by atoms with Gasteiger partial charge in [0.2, 0.25) is 18.3 Å². The Morgan fingerprint density at radius 2 is 1.40 bits per heavy atom. The smallest absolute Gasteiger partial charge is 0.303 e. The zero-order chi connectivity index (χ0) is 26.1. The maximum absolute atomic E-state index is 11.9. The van der Waals surface area contributed by atoms with Crippen LogP contribution >= 0.6 is 0 Å². The molecule has 12 heteroatoms. The van der Waals surface area contributed by atoms with Crippen molar-refractivity contribution in [2.45, 2.75) is 58.4 Å². The highest BCUT2D eigenvalue weighted by Crippen LogP contribution is 2.31. The first-order valence-electron chi connectivity index (χ1n) is 10.5. The molecule has 1 saturated heterocycles. The van der Waals surface area contributed by atoms with Crippen molar-refractivity contribution in [3.63, 3.8) is 0 Å². The lowest BCUT2D eigenvalue weighted by atomic mass is 9.98. The highest BCUT2D eigenvalue weighted by atomic mass is 16.7. The molecule has 2 rings (SSSR count). The van der Waals surface area contributed by atoms with Crippen LogP contribution in [0, 0.1) is 0 Å². The number of carbonyl (C=O) groups excluding carboxylic acids is 5. The quantitative estimate of drug-likeness (QED) is 0.301. The van der Waals surface area contributed by atoms with E-state index in [0.717, 1.165) is 26.8 Å². The SMILES string of the molecule is C=CC(=O)Nc1ccc(O[C@H]2O[C@H](COC(C)=O)[C@@H](OC(C)=O)[C@H](OC(C)=O)[C@@H]2OC(C)=O)cc1. The molecule has 12 nitrogen and oxygen atoms in total. The van der Waals surface area contributed by atoms with Gasteiger partial charge in [0.25, 0.3) is 0 Å². The highest BCUT2D eigenvalue weighted by Gasteiger charge is 2.53. The zero-order valence-electron chi connectivity index (χ0n) is 19.7. The van der Waals surface area contributed by atoms with Gasteiger partial charge in [-0.25, -0.2) is 0 Å². The molecule has 0 unspecified atom stereocenters. The molecule has 0 radical (unpaired) electrons. The second-order valence-corrected chi connectivity index (χ2v) is 7.40. The summed E-state index contributed by atoms with van der Waals surface area (Å²) < 4.78 is 32.7. The van der Waals surface area contributed by atoms with Crippen LogP contribution in [0.5, 0.6) is 5.75 Å². The summed E-state index contributed by atoms with van der Waals surface area (Å²) in [6.07, 6.45) is -5.35. The second-order valence-electron chi connectivity index (χ2n) is 7.40. The second kappa shape index (κ2) is 12.5. The molecule has 0 bridgehead atoms. The Bertz CT molecular complexity index is 959. The lowest BCUT2D eigenvalue weighted by Gasteiger charge is -2.43. The van der Waals surface area contributed by atoms with Crippen LogP contribution in [0.1, 0.15) is 27.7 Å². The van der Waals surface area contributed by atoms with E-state index in [1.165, 1.54) is 19.1 Å². The van der Waals surface area contributed by atoms with Gasteiger partial charge in [-0.1, -0.05) is 6.58 Å². The van der Waals surface area contributed by atoms with Crippen LogP contribution < -0.4 is 10.1 Å². The van der Waals surface area contributed by atoms with Crippen molar-refractivity contribution in [3.8, 4) is 5.75 Å². The molecule has 1 amide bonds. The van der Waals surface area contributed by atoms with E-state index in [1.807, 2.05) is 0 Å². The van der Waals surface area contributed by atoms with E-state index >= 15 is 0 Å². The fourth-order valence-electron chi connectivity index (χ4n) is 3.23. The number of carbonyl (C=O) groups is 5. The summed E-state index contributed by atoms with van der Waals surface area (Å²) in [5, 5.41) is 2.58. The predicted octanol–water partition coefficient (Wildman–Crippen LogP) is 1.27. The van der Waals surface area contributed by atoms with Crippen molar-refractivity contribution in [2.24, 2.45) is 0 Å². The summed E-state index contributed by atoms with van der Waals surface area (Å²) in [5.74, 6) is -3.02. The first-order chi connectivity index (χ1) is 16.5. The number of hydrogen-bond donors (Lipinski definition) is 1. The van der Waals surface area contributed by atoms with E-state index in [4.69, 9.17) is 28.4 Å². The Hall–Kier alpha value is -3.93. The maximum atomic E-state index is 11.9. The van der Waals surface area contributed by atoms with Gasteiger partial charge in [0.1, 0.15) is 18.5 Å². The Kier molecular flexibility index (Phi) is 9.76. The van der Waals surface area contributed by atoms with Gasteiger partial charge in [-0.15, -0.1) is 0 Å².